The molecule has 0 saturated carbocycles. The molecule has 1 aliphatic rings. The third-order valence-electron chi connectivity index (χ3n) is 4.68. The molecule has 1 aliphatic heterocycles. The smallest absolute Gasteiger partial charge is 0.159 e. The second-order valence-corrected chi connectivity index (χ2v) is 6.11. The summed E-state index contributed by atoms with van der Waals surface area (Å²) in [6.45, 7) is 0. The van der Waals surface area contributed by atoms with E-state index in [1.807, 2.05) is 0 Å². The fourth-order valence-corrected chi connectivity index (χ4v) is 3.59. The monoisotopic (exact) mass is 306 g/mol. The van der Waals surface area contributed by atoms with Gasteiger partial charge in [0.05, 0.1) is 16.5 Å². The van der Waals surface area contributed by atoms with E-state index in [9.17, 15) is 0 Å². The van der Waals surface area contributed by atoms with Gasteiger partial charge >= 0.3 is 0 Å². The third kappa shape index (κ3) is 1.92. The van der Waals surface area contributed by atoms with E-state index in [1.165, 1.54) is 38.9 Å². The average Bonchev–Trinajstić information content (AvgIpc) is 2.97. The molecular weight excluding hydrogens is 290 g/mol. The van der Waals surface area contributed by atoms with Crippen LogP contribution in [0.5, 0.6) is 0 Å². The van der Waals surface area contributed by atoms with E-state index in [2.05, 4.69) is 102 Å². The molecule has 0 unspecified atom stereocenters. The van der Waals surface area contributed by atoms with Crippen molar-refractivity contribution in [2.45, 2.75) is 0 Å². The molecule has 1 heteroatoms. The number of rotatable bonds is 1. The van der Waals surface area contributed by atoms with E-state index in [0.29, 0.717) is 0 Å². The number of pyridine rings is 1. The summed E-state index contributed by atoms with van der Waals surface area (Å²) in [4.78, 5) is 0. The van der Waals surface area contributed by atoms with Gasteiger partial charge < -0.3 is 0 Å². The van der Waals surface area contributed by atoms with Crippen molar-refractivity contribution in [3.05, 3.63) is 108 Å². The first-order chi connectivity index (χ1) is 11.9. The van der Waals surface area contributed by atoms with E-state index in [0.717, 1.165) is 0 Å². The summed E-state index contributed by atoms with van der Waals surface area (Å²) in [5, 5.41) is 2.56. The lowest BCUT2D eigenvalue weighted by Gasteiger charge is -2.01. The third-order valence-corrected chi connectivity index (χ3v) is 4.68. The number of nitrogens with zero attached hydrogens (tertiary/aromatic N) is 1. The number of fused-ring (bicyclic) bond motifs is 5. The summed E-state index contributed by atoms with van der Waals surface area (Å²) in [7, 11) is 0. The zero-order valence-corrected chi connectivity index (χ0v) is 13.2. The van der Waals surface area contributed by atoms with Crippen LogP contribution in [0.25, 0.3) is 28.1 Å². The van der Waals surface area contributed by atoms with Crippen molar-refractivity contribution < 1.29 is 4.57 Å². The first-order valence-corrected chi connectivity index (χ1v) is 8.22. The van der Waals surface area contributed by atoms with Gasteiger partial charge in [0.1, 0.15) is 0 Å². The topological polar surface area (TPSA) is 3.88 Å². The van der Waals surface area contributed by atoms with Crippen LogP contribution in [-0.2, 0) is 0 Å². The highest BCUT2D eigenvalue weighted by molar-refractivity contribution is 6.02. The molecule has 0 aliphatic carbocycles. The maximum Gasteiger partial charge on any atom is 0.227 e. The van der Waals surface area contributed by atoms with Crippen LogP contribution < -0.4 is 4.57 Å². The molecule has 3 aromatic carbocycles. The summed E-state index contributed by atoms with van der Waals surface area (Å²) in [5.74, 6) is 0. The molecular formula is C23H16N+. The van der Waals surface area contributed by atoms with Crippen LogP contribution in [0.2, 0.25) is 0 Å². The molecule has 1 nitrogen and oxygen atoms in total. The zero-order valence-electron chi connectivity index (χ0n) is 13.2. The van der Waals surface area contributed by atoms with Gasteiger partial charge in [-0.1, -0.05) is 60.7 Å². The van der Waals surface area contributed by atoms with Crippen molar-refractivity contribution in [2.24, 2.45) is 0 Å². The number of aromatic nitrogens is 1. The lowest BCUT2D eigenvalue weighted by atomic mass is 9.98. The minimum absolute atomic E-state index is 1.23. The predicted molar refractivity (Wildman–Crippen MR) is 98.9 cm³/mol. The quantitative estimate of drug-likeness (QED) is 0.383. The maximum atomic E-state index is 2.31. The Morgan fingerprint density at radius 3 is 2.33 bits per heavy atom. The van der Waals surface area contributed by atoms with E-state index in [-0.39, 0.29) is 0 Å². The fourth-order valence-electron chi connectivity index (χ4n) is 3.59. The predicted octanol–water partition coefficient (Wildman–Crippen LogP) is 5.02. The minimum Gasteiger partial charge on any atom is -0.159 e. The van der Waals surface area contributed by atoms with Gasteiger partial charge in [-0.2, -0.15) is 4.57 Å². The molecule has 2 heterocycles. The SMILES string of the molecule is C(=C1\c2ccccc2-[n+]2ccc3ccccc3c21)/c1ccccc1. The Morgan fingerprint density at radius 2 is 1.42 bits per heavy atom. The van der Waals surface area contributed by atoms with Gasteiger partial charge in [0, 0.05) is 12.1 Å². The normalized spacial score (nSPS) is 13.9. The molecule has 112 valence electrons. The Kier molecular flexibility index (Phi) is 2.86. The second kappa shape index (κ2) is 5.17. The van der Waals surface area contributed by atoms with Gasteiger partial charge in [0.25, 0.3) is 0 Å². The van der Waals surface area contributed by atoms with Gasteiger partial charge in [-0.3, -0.25) is 0 Å². The highest BCUT2D eigenvalue weighted by Crippen LogP contribution is 2.36. The summed E-state index contributed by atoms with van der Waals surface area (Å²) in [6.07, 6.45) is 4.48. The van der Waals surface area contributed by atoms with E-state index in [1.54, 1.807) is 0 Å². The van der Waals surface area contributed by atoms with Gasteiger partial charge in [-0.15, -0.1) is 0 Å². The molecule has 4 aromatic rings. The van der Waals surface area contributed by atoms with Crippen molar-refractivity contribution in [2.75, 3.05) is 0 Å². The lowest BCUT2D eigenvalue weighted by molar-refractivity contribution is -0.592. The molecule has 1 aromatic heterocycles. The highest BCUT2D eigenvalue weighted by Gasteiger charge is 2.33. The summed E-state index contributed by atoms with van der Waals surface area (Å²) >= 11 is 0. The lowest BCUT2D eigenvalue weighted by Crippen LogP contribution is -2.30. The molecule has 0 amide bonds. The molecule has 0 fully saturated rings. The van der Waals surface area contributed by atoms with Crippen LogP contribution >= 0.6 is 0 Å². The van der Waals surface area contributed by atoms with Gasteiger partial charge in [-0.05, 0) is 29.2 Å². The molecule has 5 rings (SSSR count). The van der Waals surface area contributed by atoms with E-state index < -0.39 is 0 Å². The van der Waals surface area contributed by atoms with E-state index >= 15 is 0 Å². The number of benzene rings is 3. The first-order valence-electron chi connectivity index (χ1n) is 8.22. The standard InChI is InChI=1S/C23H16N/c1-2-8-17(9-3-1)16-21-20-12-6-7-13-22(20)24-15-14-18-10-4-5-11-19(18)23(21)24/h1-16H/q+1/b21-16-. The molecule has 0 radical (unpaired) electrons. The van der Waals surface area contributed by atoms with Crippen LogP contribution in [0.3, 0.4) is 0 Å². The van der Waals surface area contributed by atoms with Crippen LogP contribution in [0.15, 0.2) is 91.1 Å². The molecule has 0 atom stereocenters. The Bertz CT molecular complexity index is 1090. The second-order valence-electron chi connectivity index (χ2n) is 6.11. The molecule has 0 saturated heterocycles. The Hall–Kier alpha value is -3.19. The summed E-state index contributed by atoms with van der Waals surface area (Å²) in [6, 6.07) is 30.0. The van der Waals surface area contributed by atoms with Crippen molar-refractivity contribution in [1.29, 1.82) is 0 Å². The van der Waals surface area contributed by atoms with Crippen LogP contribution in [0.1, 0.15) is 16.8 Å². The fraction of sp³-hybridized carbons (Fsp3) is 0. The molecule has 0 bridgehead atoms. The van der Waals surface area contributed by atoms with Crippen LogP contribution in [-0.4, -0.2) is 0 Å². The number of hydrogen-bond acceptors (Lipinski definition) is 0. The summed E-state index contributed by atoms with van der Waals surface area (Å²) < 4.78 is 2.31. The van der Waals surface area contributed by atoms with Crippen molar-refractivity contribution in [1.82, 2.24) is 0 Å². The largest absolute Gasteiger partial charge is 0.227 e. The highest BCUT2D eigenvalue weighted by atomic mass is 15.0. The van der Waals surface area contributed by atoms with E-state index in [4.69, 9.17) is 0 Å². The Labute approximate surface area is 141 Å². The average molecular weight is 306 g/mol. The Morgan fingerprint density at radius 1 is 0.667 bits per heavy atom. The van der Waals surface area contributed by atoms with Crippen molar-refractivity contribution >= 4 is 22.4 Å². The van der Waals surface area contributed by atoms with Crippen molar-refractivity contribution in [3.8, 4) is 5.69 Å². The zero-order chi connectivity index (χ0) is 15.9. The number of hydrogen-bond donors (Lipinski definition) is 0. The van der Waals surface area contributed by atoms with Crippen molar-refractivity contribution in [3.63, 3.8) is 0 Å². The van der Waals surface area contributed by atoms with Gasteiger partial charge in [0.2, 0.25) is 11.4 Å². The van der Waals surface area contributed by atoms with Crippen LogP contribution in [0.4, 0.5) is 0 Å². The van der Waals surface area contributed by atoms with Gasteiger partial charge in [0.15, 0.2) is 6.20 Å². The molecule has 24 heavy (non-hydrogen) atoms. The Balaban J connectivity index is 1.88. The molecule has 0 N–H and O–H groups in total. The minimum atomic E-state index is 1.23. The number of para-hydroxylation sites is 1. The molecule has 0 spiro atoms. The van der Waals surface area contributed by atoms with Crippen LogP contribution in [0, 0.1) is 0 Å². The maximum absolute atomic E-state index is 2.31. The van der Waals surface area contributed by atoms with Gasteiger partial charge in [-0.25, -0.2) is 0 Å². The first kappa shape index (κ1) is 13.3. The summed E-state index contributed by atoms with van der Waals surface area (Å²) in [5.41, 5.74) is 6.33.